The lowest BCUT2D eigenvalue weighted by molar-refractivity contribution is 0.281. The Bertz CT molecular complexity index is 312. The van der Waals surface area contributed by atoms with Gasteiger partial charge in [-0.05, 0) is 18.9 Å². The first-order valence-electron chi connectivity index (χ1n) is 5.15. The van der Waals surface area contributed by atoms with E-state index in [4.69, 9.17) is 5.11 Å². The van der Waals surface area contributed by atoms with Gasteiger partial charge in [-0.1, -0.05) is 6.08 Å². The number of pyridine rings is 1. The van der Waals surface area contributed by atoms with E-state index in [1.807, 2.05) is 19.2 Å². The molecular weight excluding hydrogens is 188 g/mol. The number of hydrogen-bond acceptors (Lipinski definition) is 3. The predicted molar refractivity (Wildman–Crippen MR) is 62.9 cm³/mol. The van der Waals surface area contributed by atoms with Gasteiger partial charge in [0.15, 0.2) is 0 Å². The zero-order valence-corrected chi connectivity index (χ0v) is 9.19. The zero-order valence-electron chi connectivity index (χ0n) is 9.19. The van der Waals surface area contributed by atoms with E-state index in [1.54, 1.807) is 12.4 Å². The predicted octanol–water partition coefficient (Wildman–Crippen LogP) is 1.98. The van der Waals surface area contributed by atoms with Crippen LogP contribution in [0, 0.1) is 0 Å². The minimum absolute atomic E-state index is 0.0367. The molecule has 0 saturated carbocycles. The highest BCUT2D eigenvalue weighted by atomic mass is 16.3. The molecule has 0 amide bonds. The minimum atomic E-state index is 0.0367. The molecule has 0 unspecified atom stereocenters. The van der Waals surface area contributed by atoms with Crippen molar-refractivity contribution >= 4 is 5.69 Å². The van der Waals surface area contributed by atoms with Gasteiger partial charge in [0, 0.05) is 37.2 Å². The first-order valence-corrected chi connectivity index (χ1v) is 5.15. The lowest BCUT2D eigenvalue weighted by Gasteiger charge is -2.21. The van der Waals surface area contributed by atoms with Crippen molar-refractivity contribution in [2.75, 3.05) is 18.5 Å². The molecule has 0 fully saturated rings. The van der Waals surface area contributed by atoms with Gasteiger partial charge in [-0.25, -0.2) is 0 Å². The quantitative estimate of drug-likeness (QED) is 0.571. The number of hydrogen-bond donors (Lipinski definition) is 1. The molecule has 0 atom stereocenters. The van der Waals surface area contributed by atoms with Crippen LogP contribution < -0.4 is 4.90 Å². The Morgan fingerprint density at radius 2 is 2.40 bits per heavy atom. The molecule has 1 rings (SSSR count). The van der Waals surface area contributed by atoms with Crippen LogP contribution in [0.4, 0.5) is 5.69 Å². The van der Waals surface area contributed by atoms with Crippen molar-refractivity contribution in [3.63, 3.8) is 0 Å². The molecular formula is C12H18N2O. The SMILES string of the molecule is C=CCCCN(C)c1ccncc1CO. The molecule has 1 heterocycles. The molecule has 15 heavy (non-hydrogen) atoms. The Morgan fingerprint density at radius 1 is 1.60 bits per heavy atom. The fourth-order valence-corrected chi connectivity index (χ4v) is 1.51. The van der Waals surface area contributed by atoms with E-state index in [9.17, 15) is 0 Å². The highest BCUT2D eigenvalue weighted by Crippen LogP contribution is 2.18. The molecule has 0 saturated heterocycles. The van der Waals surface area contributed by atoms with Crippen LogP contribution in [0.25, 0.3) is 0 Å². The van der Waals surface area contributed by atoms with Gasteiger partial charge in [-0.3, -0.25) is 4.98 Å². The average Bonchev–Trinajstić information content (AvgIpc) is 2.29. The number of aliphatic hydroxyl groups is 1. The molecule has 0 aliphatic carbocycles. The highest BCUT2D eigenvalue weighted by molar-refractivity contribution is 5.51. The summed E-state index contributed by atoms with van der Waals surface area (Å²) in [4.78, 5) is 6.13. The van der Waals surface area contributed by atoms with Crippen molar-refractivity contribution in [2.24, 2.45) is 0 Å². The number of rotatable bonds is 6. The second kappa shape index (κ2) is 6.19. The van der Waals surface area contributed by atoms with E-state index < -0.39 is 0 Å². The number of unbranched alkanes of at least 4 members (excludes halogenated alkanes) is 1. The second-order valence-corrected chi connectivity index (χ2v) is 3.51. The van der Waals surface area contributed by atoms with Crippen molar-refractivity contribution in [1.29, 1.82) is 0 Å². The first-order chi connectivity index (χ1) is 7.29. The maximum Gasteiger partial charge on any atom is 0.0717 e. The molecule has 1 N–H and O–H groups in total. The van der Waals surface area contributed by atoms with Crippen LogP contribution in [0.1, 0.15) is 18.4 Å². The van der Waals surface area contributed by atoms with Gasteiger partial charge in [0.1, 0.15) is 0 Å². The second-order valence-electron chi connectivity index (χ2n) is 3.51. The molecule has 3 nitrogen and oxygen atoms in total. The monoisotopic (exact) mass is 206 g/mol. The van der Waals surface area contributed by atoms with E-state index in [-0.39, 0.29) is 6.61 Å². The van der Waals surface area contributed by atoms with Crippen molar-refractivity contribution in [3.8, 4) is 0 Å². The number of nitrogens with zero attached hydrogens (tertiary/aromatic N) is 2. The fourth-order valence-electron chi connectivity index (χ4n) is 1.51. The Hall–Kier alpha value is -1.35. The average molecular weight is 206 g/mol. The lowest BCUT2D eigenvalue weighted by Crippen LogP contribution is -2.19. The maximum absolute atomic E-state index is 9.16. The maximum atomic E-state index is 9.16. The van der Waals surface area contributed by atoms with E-state index >= 15 is 0 Å². The topological polar surface area (TPSA) is 36.4 Å². The van der Waals surface area contributed by atoms with E-state index in [2.05, 4.69) is 16.5 Å². The molecule has 3 heteroatoms. The summed E-state index contributed by atoms with van der Waals surface area (Å²) in [6.45, 7) is 4.69. The van der Waals surface area contributed by atoms with Crippen molar-refractivity contribution < 1.29 is 5.11 Å². The Kier molecular flexibility index (Phi) is 4.84. The first kappa shape index (κ1) is 11.7. The van der Waals surface area contributed by atoms with E-state index in [0.717, 1.165) is 30.6 Å². The third kappa shape index (κ3) is 3.36. The van der Waals surface area contributed by atoms with Crippen molar-refractivity contribution in [3.05, 3.63) is 36.7 Å². The number of aliphatic hydroxyl groups excluding tert-OH is 1. The molecule has 0 aromatic carbocycles. The summed E-state index contributed by atoms with van der Waals surface area (Å²) in [6.07, 6.45) is 7.47. The zero-order chi connectivity index (χ0) is 11.1. The van der Waals surface area contributed by atoms with Crippen LogP contribution in [0.2, 0.25) is 0 Å². The summed E-state index contributed by atoms with van der Waals surface area (Å²) >= 11 is 0. The van der Waals surface area contributed by atoms with Crippen LogP contribution in [0.15, 0.2) is 31.1 Å². The van der Waals surface area contributed by atoms with Gasteiger partial charge < -0.3 is 10.0 Å². The largest absolute Gasteiger partial charge is 0.392 e. The molecule has 82 valence electrons. The van der Waals surface area contributed by atoms with Gasteiger partial charge in [-0.15, -0.1) is 6.58 Å². The van der Waals surface area contributed by atoms with Gasteiger partial charge in [0.05, 0.1) is 6.61 Å². The summed E-state index contributed by atoms with van der Waals surface area (Å²) in [6, 6.07) is 1.93. The molecule has 0 aliphatic heterocycles. The number of anilines is 1. The number of allylic oxidation sites excluding steroid dienone is 1. The van der Waals surface area contributed by atoms with E-state index in [1.165, 1.54) is 0 Å². The van der Waals surface area contributed by atoms with E-state index in [0.29, 0.717) is 0 Å². The Morgan fingerprint density at radius 3 is 3.07 bits per heavy atom. The standard InChI is InChI=1S/C12H18N2O/c1-3-4-5-8-14(2)12-6-7-13-9-11(12)10-15/h3,6-7,9,15H,1,4-5,8,10H2,2H3. The minimum Gasteiger partial charge on any atom is -0.392 e. The third-order valence-electron chi connectivity index (χ3n) is 2.36. The summed E-state index contributed by atoms with van der Waals surface area (Å²) in [5.41, 5.74) is 1.93. The smallest absolute Gasteiger partial charge is 0.0717 e. The Labute approximate surface area is 91.1 Å². The van der Waals surface area contributed by atoms with Gasteiger partial charge in [-0.2, -0.15) is 0 Å². The molecule has 0 bridgehead atoms. The third-order valence-corrected chi connectivity index (χ3v) is 2.36. The molecule has 1 aromatic rings. The molecule has 1 aromatic heterocycles. The normalized spacial score (nSPS) is 10.0. The molecule has 0 aliphatic rings. The van der Waals surface area contributed by atoms with Gasteiger partial charge in [0.25, 0.3) is 0 Å². The van der Waals surface area contributed by atoms with Crippen LogP contribution in [-0.4, -0.2) is 23.7 Å². The summed E-state index contributed by atoms with van der Waals surface area (Å²) in [5, 5.41) is 9.16. The number of aromatic nitrogens is 1. The van der Waals surface area contributed by atoms with Crippen LogP contribution >= 0.6 is 0 Å². The summed E-state index contributed by atoms with van der Waals surface area (Å²) in [7, 11) is 2.03. The van der Waals surface area contributed by atoms with Crippen molar-refractivity contribution in [2.45, 2.75) is 19.4 Å². The van der Waals surface area contributed by atoms with Crippen LogP contribution in [0.5, 0.6) is 0 Å². The fraction of sp³-hybridized carbons (Fsp3) is 0.417. The Balaban J connectivity index is 2.63. The molecule has 0 spiro atoms. The van der Waals surface area contributed by atoms with Crippen molar-refractivity contribution in [1.82, 2.24) is 4.98 Å². The van der Waals surface area contributed by atoms with Gasteiger partial charge >= 0.3 is 0 Å². The lowest BCUT2D eigenvalue weighted by atomic mass is 10.2. The summed E-state index contributed by atoms with van der Waals surface area (Å²) in [5.74, 6) is 0. The summed E-state index contributed by atoms with van der Waals surface area (Å²) < 4.78 is 0. The highest BCUT2D eigenvalue weighted by Gasteiger charge is 2.05. The molecule has 0 radical (unpaired) electrons. The van der Waals surface area contributed by atoms with Gasteiger partial charge in [0.2, 0.25) is 0 Å². The van der Waals surface area contributed by atoms with Crippen LogP contribution in [0.3, 0.4) is 0 Å². The van der Waals surface area contributed by atoms with Crippen LogP contribution in [-0.2, 0) is 6.61 Å².